The molecule has 4 aromatic carbocycles. The van der Waals surface area contributed by atoms with Crippen LogP contribution >= 0.6 is 11.7 Å². The Kier molecular flexibility index (Phi) is 9.13. The number of aldehydes is 1. The van der Waals surface area contributed by atoms with Crippen molar-refractivity contribution in [2.45, 2.75) is 26.1 Å². The van der Waals surface area contributed by atoms with Crippen molar-refractivity contribution in [1.29, 1.82) is 0 Å². The summed E-state index contributed by atoms with van der Waals surface area (Å²) in [6.45, 7) is 3.99. The molecule has 1 atom stereocenters. The number of hydrogen-bond donors (Lipinski definition) is 1. The van der Waals surface area contributed by atoms with Crippen LogP contribution in [-0.4, -0.2) is 54.3 Å². The van der Waals surface area contributed by atoms with E-state index in [2.05, 4.69) is 14.8 Å². The average molecular weight is 621 g/mol. The normalized spacial score (nSPS) is 15.8. The van der Waals surface area contributed by atoms with E-state index in [9.17, 15) is 14.7 Å². The summed E-state index contributed by atoms with van der Waals surface area (Å²) in [6.07, 6.45) is 1.20. The first-order valence-electron chi connectivity index (χ1n) is 14.5. The van der Waals surface area contributed by atoms with Gasteiger partial charge in [-0.05, 0) is 78.6 Å². The maximum absolute atomic E-state index is 13.3. The van der Waals surface area contributed by atoms with Crippen LogP contribution in [0.1, 0.15) is 38.2 Å². The summed E-state index contributed by atoms with van der Waals surface area (Å²) < 4.78 is 14.3. The minimum absolute atomic E-state index is 0.347. The Bertz CT molecular complexity index is 1910. The van der Waals surface area contributed by atoms with E-state index < -0.39 is 11.8 Å². The molecule has 0 saturated heterocycles. The number of aromatic nitrogens is 2. The van der Waals surface area contributed by atoms with Gasteiger partial charge in [0.2, 0.25) is 0 Å². The Morgan fingerprint density at radius 1 is 0.822 bits per heavy atom. The van der Waals surface area contributed by atoms with Crippen LogP contribution in [-0.2, 0) is 21.7 Å². The van der Waals surface area contributed by atoms with Crippen molar-refractivity contribution in [3.63, 3.8) is 0 Å². The van der Waals surface area contributed by atoms with Crippen molar-refractivity contribution in [2.75, 3.05) is 38.0 Å². The lowest BCUT2D eigenvalue weighted by molar-refractivity contribution is -0.185. The van der Waals surface area contributed by atoms with Gasteiger partial charge >= 0.3 is 5.97 Å². The maximum Gasteiger partial charge on any atom is 0.342 e. The summed E-state index contributed by atoms with van der Waals surface area (Å²) in [5, 5.41) is 11.9. The number of carbonyl (C=O) groups excluding carboxylic acids is 2. The van der Waals surface area contributed by atoms with Crippen LogP contribution < -0.4 is 9.80 Å². The Labute approximate surface area is 267 Å². The van der Waals surface area contributed by atoms with E-state index in [1.165, 1.54) is 0 Å². The highest BCUT2D eigenvalue weighted by Crippen LogP contribution is 2.45. The lowest BCUT2D eigenvalue weighted by Gasteiger charge is -2.26. The van der Waals surface area contributed by atoms with Crippen molar-refractivity contribution < 1.29 is 19.4 Å². The molecule has 0 amide bonds. The standard InChI is InChI=1S/C27H25N3O3S.C9H11NO/c1-16-8-10-20(12-17(16)2)27(32)22(14-18-6-5-7-21(13-18)30(3)4)25(26(31)33-27)19-9-11-23-24(15-19)29-34-28-23;1-10(2)9-5-3-4-8(6-9)7-11/h5-13,15,32H,14H2,1-4H3;3-7H,1-2H3. The van der Waals surface area contributed by atoms with Gasteiger partial charge in [-0.2, -0.15) is 8.75 Å². The molecule has 230 valence electrons. The van der Waals surface area contributed by atoms with E-state index in [0.717, 1.165) is 57.2 Å². The Hall–Kier alpha value is -4.86. The van der Waals surface area contributed by atoms with E-state index in [1.807, 2.05) is 125 Å². The highest BCUT2D eigenvalue weighted by molar-refractivity contribution is 7.00. The number of benzene rings is 4. The van der Waals surface area contributed by atoms with Gasteiger partial charge in [0.25, 0.3) is 5.79 Å². The van der Waals surface area contributed by atoms with Crippen molar-refractivity contribution in [3.05, 3.63) is 124 Å². The fraction of sp³-hybridized carbons (Fsp3) is 0.222. The maximum atomic E-state index is 13.3. The molecule has 1 N–H and O–H groups in total. The summed E-state index contributed by atoms with van der Waals surface area (Å²) in [4.78, 5) is 27.6. The van der Waals surface area contributed by atoms with Crippen molar-refractivity contribution in [1.82, 2.24) is 8.75 Å². The zero-order valence-corrected chi connectivity index (χ0v) is 27.1. The molecule has 5 aromatic rings. The quantitative estimate of drug-likeness (QED) is 0.166. The van der Waals surface area contributed by atoms with Crippen LogP contribution in [0.4, 0.5) is 11.4 Å². The number of anilines is 2. The topological polar surface area (TPSA) is 95.9 Å². The summed E-state index contributed by atoms with van der Waals surface area (Å²) >= 11 is 1.13. The third-order valence-corrected chi connectivity index (χ3v) is 8.48. The van der Waals surface area contributed by atoms with Crippen LogP contribution in [0.25, 0.3) is 16.6 Å². The molecule has 6 rings (SSSR count). The van der Waals surface area contributed by atoms with E-state index in [-0.39, 0.29) is 0 Å². The zero-order valence-electron chi connectivity index (χ0n) is 26.2. The Morgan fingerprint density at radius 3 is 2.20 bits per heavy atom. The largest absolute Gasteiger partial charge is 0.421 e. The van der Waals surface area contributed by atoms with Gasteiger partial charge in [-0.15, -0.1) is 0 Å². The Morgan fingerprint density at radius 2 is 1.51 bits per heavy atom. The second-order valence-corrected chi connectivity index (χ2v) is 12.0. The third-order valence-electron chi connectivity index (χ3n) is 7.93. The second kappa shape index (κ2) is 13.0. The van der Waals surface area contributed by atoms with Gasteiger partial charge in [0, 0.05) is 62.7 Å². The van der Waals surface area contributed by atoms with Gasteiger partial charge in [0.05, 0.1) is 17.3 Å². The first-order valence-corrected chi connectivity index (χ1v) is 15.2. The van der Waals surface area contributed by atoms with Crippen LogP contribution in [0, 0.1) is 13.8 Å². The molecule has 0 fully saturated rings. The van der Waals surface area contributed by atoms with E-state index in [4.69, 9.17) is 4.74 Å². The van der Waals surface area contributed by atoms with Gasteiger partial charge in [0.1, 0.15) is 17.3 Å². The molecule has 0 aliphatic carbocycles. The summed E-state index contributed by atoms with van der Waals surface area (Å²) in [5.74, 6) is -2.42. The lowest BCUT2D eigenvalue weighted by Crippen LogP contribution is -2.30. The van der Waals surface area contributed by atoms with Crippen molar-refractivity contribution >= 4 is 52.0 Å². The molecule has 45 heavy (non-hydrogen) atoms. The first kappa shape index (κ1) is 31.6. The second-order valence-electron chi connectivity index (χ2n) is 11.5. The summed E-state index contributed by atoms with van der Waals surface area (Å²) in [6, 6.07) is 26.7. The first-order chi connectivity index (χ1) is 21.5. The number of nitrogens with zero attached hydrogens (tertiary/aromatic N) is 4. The minimum Gasteiger partial charge on any atom is -0.421 e. The van der Waals surface area contributed by atoms with Crippen LogP contribution in [0.3, 0.4) is 0 Å². The monoisotopic (exact) mass is 620 g/mol. The van der Waals surface area contributed by atoms with Gasteiger partial charge in [-0.1, -0.05) is 42.5 Å². The molecule has 1 aromatic heterocycles. The number of hydrogen-bond acceptors (Lipinski definition) is 9. The van der Waals surface area contributed by atoms with Gasteiger partial charge < -0.3 is 19.6 Å². The van der Waals surface area contributed by atoms with Crippen LogP contribution in [0.15, 0.2) is 90.5 Å². The molecule has 0 spiro atoms. The molecule has 1 aliphatic rings. The van der Waals surface area contributed by atoms with Crippen molar-refractivity contribution in [2.24, 2.45) is 0 Å². The molecule has 0 bridgehead atoms. The number of aliphatic hydroxyl groups is 1. The SMILES string of the molecule is CN(C)c1cccc(C=O)c1.Cc1ccc(C2(O)OC(=O)C(c3ccc4nsnc4c3)=C2Cc2cccc(N(C)C)c2)cc1C. The van der Waals surface area contributed by atoms with Gasteiger partial charge in [-0.3, -0.25) is 4.79 Å². The lowest BCUT2D eigenvalue weighted by atomic mass is 9.87. The van der Waals surface area contributed by atoms with E-state index in [0.29, 0.717) is 34.2 Å². The highest BCUT2D eigenvalue weighted by Gasteiger charge is 2.48. The van der Waals surface area contributed by atoms with Crippen LogP contribution in [0.5, 0.6) is 0 Å². The predicted octanol–water partition coefficient (Wildman–Crippen LogP) is 6.34. The van der Waals surface area contributed by atoms with E-state index >= 15 is 0 Å². The molecule has 9 heteroatoms. The molecular weight excluding hydrogens is 584 g/mol. The van der Waals surface area contributed by atoms with Gasteiger partial charge in [0.15, 0.2) is 0 Å². The highest BCUT2D eigenvalue weighted by atomic mass is 32.1. The third kappa shape index (κ3) is 6.64. The molecule has 2 heterocycles. The van der Waals surface area contributed by atoms with Crippen molar-refractivity contribution in [3.8, 4) is 0 Å². The average Bonchev–Trinajstić information content (AvgIpc) is 3.60. The van der Waals surface area contributed by atoms with Gasteiger partial charge in [-0.25, -0.2) is 4.79 Å². The van der Waals surface area contributed by atoms with E-state index in [1.54, 1.807) is 6.07 Å². The number of cyclic esters (lactones) is 1. The fourth-order valence-corrected chi connectivity index (χ4v) is 5.71. The number of ether oxygens (including phenoxy) is 1. The fourth-order valence-electron chi connectivity index (χ4n) is 5.19. The minimum atomic E-state index is -1.87. The Balaban J connectivity index is 0.000000309. The molecule has 0 saturated carbocycles. The summed E-state index contributed by atoms with van der Waals surface area (Å²) in [5.41, 5.74) is 9.43. The predicted molar refractivity (Wildman–Crippen MR) is 181 cm³/mol. The number of fused-ring (bicyclic) bond motifs is 1. The number of rotatable bonds is 7. The molecule has 8 nitrogen and oxygen atoms in total. The summed E-state index contributed by atoms with van der Waals surface area (Å²) in [7, 11) is 7.86. The number of carbonyl (C=O) groups is 2. The number of aryl methyl sites for hydroxylation is 2. The molecule has 1 unspecified atom stereocenters. The molecule has 0 radical (unpaired) electrons. The van der Waals surface area contributed by atoms with Crippen LogP contribution in [0.2, 0.25) is 0 Å². The smallest absolute Gasteiger partial charge is 0.342 e. The molecular formula is C36H36N4O4S. The number of esters is 1. The molecule has 1 aliphatic heterocycles. The zero-order chi connectivity index (χ0) is 32.3.